The van der Waals surface area contributed by atoms with E-state index in [2.05, 4.69) is 41.8 Å². The Morgan fingerprint density at radius 2 is 1.53 bits per heavy atom. The summed E-state index contributed by atoms with van der Waals surface area (Å²) in [5.74, 6) is -0.898. The van der Waals surface area contributed by atoms with Gasteiger partial charge in [0.05, 0.1) is 55.4 Å². The molecule has 0 aliphatic heterocycles. The van der Waals surface area contributed by atoms with Crippen molar-refractivity contribution in [2.75, 3.05) is 46.1 Å². The van der Waals surface area contributed by atoms with Gasteiger partial charge in [-0.1, -0.05) is 22.9 Å². The number of nitrogens with one attached hydrogen (secondary N) is 3. The molecule has 0 radical (unpaired) electrons. The van der Waals surface area contributed by atoms with Gasteiger partial charge in [0.15, 0.2) is 5.78 Å². The summed E-state index contributed by atoms with van der Waals surface area (Å²) >= 11 is 3.44. The van der Waals surface area contributed by atoms with Crippen LogP contribution in [0.4, 0.5) is 0 Å². The number of amides is 3. The van der Waals surface area contributed by atoms with Gasteiger partial charge in [-0.2, -0.15) is 0 Å². The van der Waals surface area contributed by atoms with Gasteiger partial charge in [-0.25, -0.2) is 9.97 Å². The molecule has 0 spiro atoms. The molecule has 3 N–H and O–H groups in total. The molecule has 38 heavy (non-hydrogen) atoms. The maximum atomic E-state index is 12.5. The highest BCUT2D eigenvalue weighted by Crippen LogP contribution is 2.17. The van der Waals surface area contributed by atoms with E-state index < -0.39 is 0 Å². The van der Waals surface area contributed by atoms with Crippen molar-refractivity contribution in [3.8, 4) is 0 Å². The summed E-state index contributed by atoms with van der Waals surface area (Å²) in [7, 11) is 0. The van der Waals surface area contributed by atoms with Crippen molar-refractivity contribution >= 4 is 50.5 Å². The quantitative estimate of drug-likeness (QED) is 0.175. The van der Waals surface area contributed by atoms with E-state index in [1.807, 2.05) is 6.92 Å². The molecule has 0 atom stereocenters. The molecule has 2 aromatic rings. The summed E-state index contributed by atoms with van der Waals surface area (Å²) in [5.41, 5.74) is 3.74. The maximum Gasteiger partial charge on any atom is 0.251 e. The largest absolute Gasteiger partial charge is 0.379 e. The summed E-state index contributed by atoms with van der Waals surface area (Å²) in [6, 6.07) is 5.26. The van der Waals surface area contributed by atoms with E-state index in [9.17, 15) is 19.2 Å². The molecule has 12 heteroatoms. The Kier molecular flexibility index (Phi) is 14.4. The first kappa shape index (κ1) is 31.3. The van der Waals surface area contributed by atoms with Crippen LogP contribution in [0.3, 0.4) is 0 Å². The van der Waals surface area contributed by atoms with E-state index in [1.54, 1.807) is 25.1 Å². The van der Waals surface area contributed by atoms with Crippen molar-refractivity contribution in [3.05, 3.63) is 35.2 Å². The average Bonchev–Trinajstić information content (AvgIpc) is 2.92. The molecule has 208 valence electrons. The second-order valence-corrected chi connectivity index (χ2v) is 8.87. The Labute approximate surface area is 231 Å². The van der Waals surface area contributed by atoms with Gasteiger partial charge >= 0.3 is 0 Å². The molecule has 0 bridgehead atoms. The number of hydrogen-bond acceptors (Lipinski definition) is 8. The number of benzene rings is 1. The van der Waals surface area contributed by atoms with Crippen LogP contribution in [0.2, 0.25) is 0 Å². The zero-order chi connectivity index (χ0) is 27.8. The third kappa shape index (κ3) is 11.2. The van der Waals surface area contributed by atoms with Gasteiger partial charge in [0.1, 0.15) is 0 Å². The molecule has 2 rings (SSSR count). The van der Waals surface area contributed by atoms with Gasteiger partial charge in [-0.05, 0) is 31.5 Å². The fourth-order valence-electron chi connectivity index (χ4n) is 3.40. The van der Waals surface area contributed by atoms with Gasteiger partial charge in [0.2, 0.25) is 11.8 Å². The molecule has 3 amide bonds. The van der Waals surface area contributed by atoms with Crippen molar-refractivity contribution in [1.82, 2.24) is 25.9 Å². The van der Waals surface area contributed by atoms with Crippen molar-refractivity contribution in [1.29, 1.82) is 0 Å². The molecule has 0 aliphatic carbocycles. The molecule has 0 saturated heterocycles. The van der Waals surface area contributed by atoms with Gasteiger partial charge in [0.25, 0.3) is 5.91 Å². The Bertz CT molecular complexity index is 1100. The number of fused-ring (bicyclic) bond motifs is 1. The second kappa shape index (κ2) is 17.5. The fourth-order valence-corrected chi connectivity index (χ4v) is 3.85. The number of carbonyl (C=O) groups is 4. The fraction of sp³-hybridized carbons (Fsp3) is 0.538. The monoisotopic (exact) mass is 593 g/mol. The van der Waals surface area contributed by atoms with Crippen molar-refractivity contribution < 1.29 is 28.7 Å². The first-order chi connectivity index (χ1) is 18.4. The van der Waals surface area contributed by atoms with Gasteiger partial charge < -0.3 is 25.4 Å². The molecule has 1 heterocycles. The highest BCUT2D eigenvalue weighted by Gasteiger charge is 2.11. The third-order valence-corrected chi connectivity index (χ3v) is 5.94. The summed E-state index contributed by atoms with van der Waals surface area (Å²) in [6.45, 7) is 5.71. The molecule has 0 aliphatic rings. The maximum absolute atomic E-state index is 12.5. The third-order valence-electron chi connectivity index (χ3n) is 5.41. The summed E-state index contributed by atoms with van der Waals surface area (Å²) < 4.78 is 10.8. The standard InChI is InChI=1S/C26H36BrN5O6/c1-3-20-23(16-27)32-22-15-18(5-7-21(22)31-20)26(36)29-10-12-38-14-13-37-11-9-25(35)30-17-19(33)6-8-24(34)28-4-2/h5,7,15H,3-4,6,8-14,16-17H2,1-2H3,(H,28,34)(H,29,36)(H,30,35). The lowest BCUT2D eigenvalue weighted by molar-refractivity contribution is -0.127. The van der Waals surface area contributed by atoms with E-state index in [1.165, 1.54) is 0 Å². The number of alkyl halides is 1. The van der Waals surface area contributed by atoms with Gasteiger partial charge in [-0.3, -0.25) is 19.2 Å². The molecule has 0 fully saturated rings. The lowest BCUT2D eigenvalue weighted by atomic mass is 10.1. The van der Waals surface area contributed by atoms with Crippen LogP contribution in [0, 0.1) is 0 Å². The topological polar surface area (TPSA) is 149 Å². The Morgan fingerprint density at radius 3 is 2.24 bits per heavy atom. The summed E-state index contributed by atoms with van der Waals surface area (Å²) in [6.07, 6.45) is 1.12. The molecular weight excluding hydrogens is 558 g/mol. The van der Waals surface area contributed by atoms with Crippen molar-refractivity contribution in [3.63, 3.8) is 0 Å². The Balaban J connectivity index is 1.54. The van der Waals surface area contributed by atoms with Crippen molar-refractivity contribution in [2.24, 2.45) is 0 Å². The molecule has 0 saturated carbocycles. The number of carbonyl (C=O) groups excluding carboxylic acids is 4. The van der Waals surface area contributed by atoms with Crippen LogP contribution in [0.25, 0.3) is 11.0 Å². The van der Waals surface area contributed by atoms with Crippen LogP contribution in [0.1, 0.15) is 54.9 Å². The van der Waals surface area contributed by atoms with E-state index in [4.69, 9.17) is 9.47 Å². The molecular formula is C26H36BrN5O6. The average molecular weight is 595 g/mol. The first-order valence-electron chi connectivity index (χ1n) is 12.7. The minimum absolute atomic E-state index is 0.0927. The van der Waals surface area contributed by atoms with Crippen LogP contribution in [-0.2, 0) is 35.6 Å². The molecule has 1 aromatic carbocycles. The number of hydrogen-bond donors (Lipinski definition) is 3. The second-order valence-electron chi connectivity index (χ2n) is 8.31. The zero-order valence-electron chi connectivity index (χ0n) is 21.9. The van der Waals surface area contributed by atoms with Crippen LogP contribution < -0.4 is 16.0 Å². The number of aromatic nitrogens is 2. The van der Waals surface area contributed by atoms with Crippen molar-refractivity contribution in [2.45, 2.75) is 44.9 Å². The van der Waals surface area contributed by atoms with Crippen LogP contribution in [0.15, 0.2) is 18.2 Å². The van der Waals surface area contributed by atoms with Crippen LogP contribution in [0.5, 0.6) is 0 Å². The zero-order valence-corrected chi connectivity index (χ0v) is 23.5. The van der Waals surface area contributed by atoms with E-state index in [0.29, 0.717) is 49.3 Å². The minimum atomic E-state index is -0.297. The lowest BCUT2D eigenvalue weighted by Crippen LogP contribution is -2.31. The van der Waals surface area contributed by atoms with E-state index >= 15 is 0 Å². The molecule has 0 unspecified atom stereocenters. The Hall–Kier alpha value is -2.96. The number of nitrogens with zero attached hydrogens (tertiary/aromatic N) is 2. The summed E-state index contributed by atoms with van der Waals surface area (Å²) in [4.78, 5) is 56.5. The van der Waals surface area contributed by atoms with E-state index in [-0.39, 0.29) is 55.9 Å². The first-order valence-corrected chi connectivity index (χ1v) is 13.8. The molecule has 1 aromatic heterocycles. The van der Waals surface area contributed by atoms with Crippen LogP contribution >= 0.6 is 15.9 Å². The number of rotatable bonds is 18. The predicted octanol–water partition coefficient (Wildman–Crippen LogP) is 1.84. The smallest absolute Gasteiger partial charge is 0.251 e. The number of ketones is 1. The van der Waals surface area contributed by atoms with E-state index in [0.717, 1.165) is 23.3 Å². The summed E-state index contributed by atoms with van der Waals surface area (Å²) in [5, 5.41) is 8.55. The number of halogens is 1. The number of aryl methyl sites for hydroxylation is 1. The van der Waals surface area contributed by atoms with Crippen LogP contribution in [-0.4, -0.2) is 79.5 Å². The normalized spacial score (nSPS) is 10.8. The number of ether oxygens (including phenoxy) is 2. The SMILES string of the molecule is CCNC(=O)CCC(=O)CNC(=O)CCOCCOCCNC(=O)c1ccc2nc(CC)c(CBr)nc2c1. The van der Waals surface area contributed by atoms with Gasteiger partial charge in [-0.15, -0.1) is 0 Å². The molecule has 11 nitrogen and oxygen atoms in total. The lowest BCUT2D eigenvalue weighted by Gasteiger charge is -2.09. The highest BCUT2D eigenvalue weighted by molar-refractivity contribution is 9.08. The highest BCUT2D eigenvalue weighted by atomic mass is 79.9. The number of Topliss-reactive ketones (excluding diaryl/α,β-unsaturated/α-hetero) is 1. The predicted molar refractivity (Wildman–Crippen MR) is 146 cm³/mol. The minimum Gasteiger partial charge on any atom is -0.379 e. The van der Waals surface area contributed by atoms with Gasteiger partial charge in [0, 0.05) is 43.2 Å². The Morgan fingerprint density at radius 1 is 0.816 bits per heavy atom.